The van der Waals surface area contributed by atoms with Crippen LogP contribution in [0.3, 0.4) is 0 Å². The van der Waals surface area contributed by atoms with Gasteiger partial charge in [-0.15, -0.1) is 0 Å². The molecule has 90 valence electrons. The van der Waals surface area contributed by atoms with Crippen molar-refractivity contribution in [1.82, 2.24) is 4.57 Å². The molecular weight excluding hydrogens is 208 g/mol. The summed E-state index contributed by atoms with van der Waals surface area (Å²) in [6, 6.07) is 8.92. The molecule has 0 aliphatic heterocycles. The fourth-order valence-electron chi connectivity index (χ4n) is 3.17. The Balaban J connectivity index is 2.28. The Morgan fingerprint density at radius 3 is 2.41 bits per heavy atom. The molecule has 0 saturated heterocycles. The van der Waals surface area contributed by atoms with Gasteiger partial charge in [-0.1, -0.05) is 32.0 Å². The van der Waals surface area contributed by atoms with Crippen LogP contribution in [-0.2, 0) is 7.05 Å². The maximum Gasteiger partial charge on any atom is 0.0482 e. The highest BCUT2D eigenvalue weighted by Gasteiger charge is 2.57. The highest BCUT2D eigenvalue weighted by Crippen LogP contribution is 2.59. The second kappa shape index (κ2) is 3.14. The summed E-state index contributed by atoms with van der Waals surface area (Å²) in [6.07, 6.45) is 0. The Kier molecular flexibility index (Phi) is 2.00. The van der Waals surface area contributed by atoms with Gasteiger partial charge >= 0.3 is 0 Å². The van der Waals surface area contributed by atoms with Crippen molar-refractivity contribution in [1.29, 1.82) is 0 Å². The summed E-state index contributed by atoms with van der Waals surface area (Å²) in [6.45, 7) is 6.74. The van der Waals surface area contributed by atoms with Crippen LogP contribution in [0.5, 0.6) is 0 Å². The van der Waals surface area contributed by atoms with Crippen molar-refractivity contribution in [3.05, 3.63) is 35.5 Å². The van der Waals surface area contributed by atoms with Gasteiger partial charge in [0.25, 0.3) is 0 Å². The largest absolute Gasteiger partial charge is 0.348 e. The molecule has 0 bridgehead atoms. The average molecular weight is 228 g/mol. The molecule has 0 spiro atoms. The van der Waals surface area contributed by atoms with Crippen molar-refractivity contribution in [3.63, 3.8) is 0 Å². The molecule has 2 aromatic rings. The Morgan fingerprint density at radius 1 is 1.24 bits per heavy atom. The summed E-state index contributed by atoms with van der Waals surface area (Å²) in [5.41, 5.74) is 10.6. The molecule has 1 fully saturated rings. The van der Waals surface area contributed by atoms with E-state index in [0.717, 1.165) is 0 Å². The number of aromatic nitrogens is 1. The molecule has 1 aliphatic carbocycles. The standard InChI is InChI=1S/C15H20N2/c1-9-12(13-14(16)15(13,2)3)10-7-5-6-8-11(10)17(9)4/h5-8,13-14H,16H2,1-4H3/t13-,14-/m0/s1. The van der Waals surface area contributed by atoms with E-state index in [0.29, 0.717) is 12.0 Å². The van der Waals surface area contributed by atoms with E-state index in [4.69, 9.17) is 5.73 Å². The van der Waals surface area contributed by atoms with Crippen LogP contribution in [0.4, 0.5) is 0 Å². The van der Waals surface area contributed by atoms with Crippen LogP contribution in [0.25, 0.3) is 10.9 Å². The van der Waals surface area contributed by atoms with Gasteiger partial charge in [0.2, 0.25) is 0 Å². The van der Waals surface area contributed by atoms with Gasteiger partial charge in [0.1, 0.15) is 0 Å². The summed E-state index contributed by atoms with van der Waals surface area (Å²) >= 11 is 0. The van der Waals surface area contributed by atoms with E-state index in [2.05, 4.69) is 56.7 Å². The minimum atomic E-state index is 0.245. The van der Waals surface area contributed by atoms with Crippen LogP contribution < -0.4 is 5.73 Å². The highest BCUT2D eigenvalue weighted by molar-refractivity contribution is 5.87. The SMILES string of the molecule is Cc1c([C@H]2[C@H](N)C2(C)C)c2ccccc2n1C. The van der Waals surface area contributed by atoms with Crippen molar-refractivity contribution < 1.29 is 0 Å². The third kappa shape index (κ3) is 1.25. The zero-order chi connectivity index (χ0) is 12.4. The van der Waals surface area contributed by atoms with E-state index >= 15 is 0 Å². The lowest BCUT2D eigenvalue weighted by Crippen LogP contribution is -2.06. The molecule has 0 amide bonds. The Labute approximate surface area is 102 Å². The molecule has 1 saturated carbocycles. The molecule has 2 nitrogen and oxygen atoms in total. The molecule has 3 rings (SSSR count). The lowest BCUT2D eigenvalue weighted by molar-refractivity contribution is 0.598. The average Bonchev–Trinajstić information content (AvgIpc) is 2.67. The first kappa shape index (κ1) is 10.8. The van der Waals surface area contributed by atoms with Crippen LogP contribution in [0.15, 0.2) is 24.3 Å². The number of rotatable bonds is 1. The van der Waals surface area contributed by atoms with Crippen molar-refractivity contribution >= 4 is 10.9 Å². The molecule has 17 heavy (non-hydrogen) atoms. The van der Waals surface area contributed by atoms with E-state index in [-0.39, 0.29) is 5.41 Å². The number of aryl methyl sites for hydroxylation is 1. The second-order valence-electron chi connectivity index (χ2n) is 5.90. The molecule has 1 aromatic carbocycles. The van der Waals surface area contributed by atoms with Gasteiger partial charge in [-0.05, 0) is 24.0 Å². The summed E-state index contributed by atoms with van der Waals surface area (Å²) in [4.78, 5) is 0. The first-order valence-corrected chi connectivity index (χ1v) is 6.25. The van der Waals surface area contributed by atoms with Crippen LogP contribution >= 0.6 is 0 Å². The molecular formula is C15H20N2. The van der Waals surface area contributed by atoms with E-state index in [1.54, 1.807) is 0 Å². The van der Waals surface area contributed by atoms with Crippen molar-refractivity contribution in [2.75, 3.05) is 0 Å². The third-order valence-electron chi connectivity index (χ3n) is 4.67. The maximum atomic E-state index is 6.24. The number of hydrogen-bond acceptors (Lipinski definition) is 1. The monoisotopic (exact) mass is 228 g/mol. The minimum Gasteiger partial charge on any atom is -0.348 e. The van der Waals surface area contributed by atoms with Crippen LogP contribution in [0, 0.1) is 12.3 Å². The molecule has 2 heteroatoms. The molecule has 0 radical (unpaired) electrons. The Bertz CT molecular complexity index is 592. The normalized spacial score (nSPS) is 26.4. The topological polar surface area (TPSA) is 30.9 Å². The van der Waals surface area contributed by atoms with Crippen LogP contribution in [0.2, 0.25) is 0 Å². The molecule has 2 N–H and O–H groups in total. The minimum absolute atomic E-state index is 0.245. The van der Waals surface area contributed by atoms with E-state index in [1.807, 2.05) is 0 Å². The van der Waals surface area contributed by atoms with Gasteiger partial charge in [-0.25, -0.2) is 0 Å². The molecule has 0 unspecified atom stereocenters. The quantitative estimate of drug-likeness (QED) is 0.799. The summed E-state index contributed by atoms with van der Waals surface area (Å²) in [7, 11) is 2.14. The molecule has 1 aromatic heterocycles. The predicted octanol–water partition coefficient (Wildman–Crippen LogP) is 2.94. The van der Waals surface area contributed by atoms with E-state index in [9.17, 15) is 0 Å². The van der Waals surface area contributed by atoms with Gasteiger partial charge in [-0.3, -0.25) is 0 Å². The Morgan fingerprint density at radius 2 is 1.82 bits per heavy atom. The highest BCUT2D eigenvalue weighted by atomic mass is 15.0. The number of nitrogens with two attached hydrogens (primary N) is 1. The predicted molar refractivity (Wildman–Crippen MR) is 72.2 cm³/mol. The zero-order valence-electron chi connectivity index (χ0n) is 11.0. The first-order chi connectivity index (χ1) is 7.96. The van der Waals surface area contributed by atoms with Gasteiger partial charge in [0.15, 0.2) is 0 Å². The Hall–Kier alpha value is -1.28. The first-order valence-electron chi connectivity index (χ1n) is 6.25. The molecule has 1 aliphatic rings. The van der Waals surface area contributed by atoms with Gasteiger partial charge in [-0.2, -0.15) is 0 Å². The number of para-hydroxylation sites is 1. The van der Waals surface area contributed by atoms with Gasteiger partial charge in [0, 0.05) is 35.6 Å². The summed E-state index contributed by atoms with van der Waals surface area (Å²) < 4.78 is 2.28. The molecule has 2 atom stereocenters. The van der Waals surface area contributed by atoms with E-state index in [1.165, 1.54) is 22.2 Å². The lowest BCUT2D eigenvalue weighted by atomic mass is 10.0. The zero-order valence-corrected chi connectivity index (χ0v) is 11.0. The number of fused-ring (bicyclic) bond motifs is 1. The second-order valence-corrected chi connectivity index (χ2v) is 5.90. The third-order valence-corrected chi connectivity index (χ3v) is 4.67. The van der Waals surface area contributed by atoms with Crippen molar-refractivity contribution in [2.24, 2.45) is 18.2 Å². The summed E-state index contributed by atoms with van der Waals surface area (Å²) in [5.74, 6) is 0.508. The van der Waals surface area contributed by atoms with Gasteiger partial charge in [0.05, 0.1) is 0 Å². The molecule has 1 heterocycles. The van der Waals surface area contributed by atoms with Crippen LogP contribution in [0.1, 0.15) is 31.0 Å². The van der Waals surface area contributed by atoms with Crippen LogP contribution in [-0.4, -0.2) is 10.6 Å². The number of hydrogen-bond donors (Lipinski definition) is 1. The number of nitrogens with zero attached hydrogens (tertiary/aromatic N) is 1. The van der Waals surface area contributed by atoms with E-state index < -0.39 is 0 Å². The lowest BCUT2D eigenvalue weighted by Gasteiger charge is -2.04. The summed E-state index contributed by atoms with van der Waals surface area (Å²) in [5, 5.41) is 1.37. The number of benzene rings is 1. The van der Waals surface area contributed by atoms with Crippen molar-refractivity contribution in [3.8, 4) is 0 Å². The smallest absolute Gasteiger partial charge is 0.0482 e. The van der Waals surface area contributed by atoms with Crippen molar-refractivity contribution in [2.45, 2.75) is 32.7 Å². The maximum absolute atomic E-state index is 6.24. The fraction of sp³-hybridized carbons (Fsp3) is 0.467. The van der Waals surface area contributed by atoms with Gasteiger partial charge < -0.3 is 10.3 Å². The fourth-order valence-corrected chi connectivity index (χ4v) is 3.17.